The van der Waals surface area contributed by atoms with Gasteiger partial charge in [0.2, 0.25) is 0 Å². The summed E-state index contributed by atoms with van der Waals surface area (Å²) in [5.74, 6) is -0.372. The average molecular weight is 333 g/mol. The zero-order valence-electron chi connectivity index (χ0n) is 14.3. The van der Waals surface area contributed by atoms with Crippen LogP contribution in [-0.4, -0.2) is 27.3 Å². The molecule has 5 heteroatoms. The van der Waals surface area contributed by atoms with Gasteiger partial charge in [-0.15, -0.1) is 0 Å². The SMILES string of the molecule is CCOC(=O)c1nn(-c2ccc(CC)nc2)c2c1Cc1ccccc1-2. The molecule has 3 aromatic rings. The van der Waals surface area contributed by atoms with Crippen LogP contribution < -0.4 is 0 Å². The van der Waals surface area contributed by atoms with E-state index in [-0.39, 0.29) is 5.97 Å². The van der Waals surface area contributed by atoms with Crippen molar-refractivity contribution in [2.75, 3.05) is 6.61 Å². The van der Waals surface area contributed by atoms with Crippen LogP contribution in [0.4, 0.5) is 0 Å². The second-order valence-electron chi connectivity index (χ2n) is 6.00. The van der Waals surface area contributed by atoms with Gasteiger partial charge in [-0.2, -0.15) is 5.10 Å². The van der Waals surface area contributed by atoms with Gasteiger partial charge < -0.3 is 4.74 Å². The van der Waals surface area contributed by atoms with Gasteiger partial charge in [0.05, 0.1) is 24.2 Å². The highest BCUT2D eigenvalue weighted by atomic mass is 16.5. The van der Waals surface area contributed by atoms with Gasteiger partial charge in [0.1, 0.15) is 0 Å². The molecule has 5 nitrogen and oxygen atoms in total. The molecule has 1 aromatic carbocycles. The number of benzene rings is 1. The first-order valence-corrected chi connectivity index (χ1v) is 8.55. The summed E-state index contributed by atoms with van der Waals surface area (Å²) in [6.45, 7) is 4.21. The minimum Gasteiger partial charge on any atom is -0.461 e. The molecule has 25 heavy (non-hydrogen) atoms. The molecule has 0 N–H and O–H groups in total. The fourth-order valence-electron chi connectivity index (χ4n) is 3.29. The van der Waals surface area contributed by atoms with Crippen LogP contribution in [0.2, 0.25) is 0 Å². The highest BCUT2D eigenvalue weighted by molar-refractivity contribution is 5.93. The smallest absolute Gasteiger partial charge is 0.359 e. The van der Waals surface area contributed by atoms with Crippen molar-refractivity contribution in [2.24, 2.45) is 0 Å². The zero-order valence-corrected chi connectivity index (χ0v) is 14.3. The molecule has 1 aliphatic rings. The van der Waals surface area contributed by atoms with Crippen LogP contribution in [-0.2, 0) is 17.6 Å². The van der Waals surface area contributed by atoms with E-state index in [1.165, 1.54) is 5.56 Å². The summed E-state index contributed by atoms with van der Waals surface area (Å²) in [5, 5.41) is 4.58. The van der Waals surface area contributed by atoms with Crippen molar-refractivity contribution in [3.63, 3.8) is 0 Å². The molecule has 0 amide bonds. The third kappa shape index (κ3) is 2.52. The second-order valence-corrected chi connectivity index (χ2v) is 6.00. The van der Waals surface area contributed by atoms with E-state index in [0.717, 1.165) is 34.6 Å². The molecule has 2 heterocycles. The van der Waals surface area contributed by atoms with Gasteiger partial charge in [-0.1, -0.05) is 31.2 Å². The predicted molar refractivity (Wildman–Crippen MR) is 94.9 cm³/mol. The number of esters is 1. The first kappa shape index (κ1) is 15.6. The lowest BCUT2D eigenvalue weighted by molar-refractivity contribution is 0.0518. The number of fused-ring (bicyclic) bond motifs is 3. The quantitative estimate of drug-likeness (QED) is 0.536. The number of hydrogen-bond donors (Lipinski definition) is 0. The lowest BCUT2D eigenvalue weighted by Crippen LogP contribution is -2.09. The molecule has 0 saturated carbocycles. The molecule has 0 aliphatic heterocycles. The molecule has 4 rings (SSSR count). The number of rotatable bonds is 4. The lowest BCUT2D eigenvalue weighted by Gasteiger charge is -2.08. The van der Waals surface area contributed by atoms with Crippen LogP contribution >= 0.6 is 0 Å². The highest BCUT2D eigenvalue weighted by Crippen LogP contribution is 2.39. The van der Waals surface area contributed by atoms with E-state index in [1.54, 1.807) is 6.92 Å². The van der Waals surface area contributed by atoms with Gasteiger partial charge in [-0.25, -0.2) is 9.48 Å². The van der Waals surface area contributed by atoms with Gasteiger partial charge in [0.15, 0.2) is 5.69 Å². The molecule has 126 valence electrons. The van der Waals surface area contributed by atoms with Crippen molar-refractivity contribution in [2.45, 2.75) is 26.7 Å². The summed E-state index contributed by atoms with van der Waals surface area (Å²) in [6.07, 6.45) is 3.39. The van der Waals surface area contributed by atoms with Crippen LogP contribution in [0.1, 0.15) is 41.2 Å². The minimum absolute atomic E-state index is 0.333. The van der Waals surface area contributed by atoms with E-state index >= 15 is 0 Å². The minimum atomic E-state index is -0.372. The first-order valence-electron chi connectivity index (χ1n) is 8.55. The van der Waals surface area contributed by atoms with Gasteiger partial charge in [-0.05, 0) is 31.0 Å². The van der Waals surface area contributed by atoms with Crippen molar-refractivity contribution in [3.05, 3.63) is 65.1 Å². The number of aromatic nitrogens is 3. The Labute approximate surface area is 146 Å². The molecule has 2 aromatic heterocycles. The summed E-state index contributed by atoms with van der Waals surface area (Å²) in [5.41, 5.74) is 6.48. The van der Waals surface area contributed by atoms with Crippen LogP contribution in [0.5, 0.6) is 0 Å². The van der Waals surface area contributed by atoms with Crippen molar-refractivity contribution in [3.8, 4) is 16.9 Å². The van der Waals surface area contributed by atoms with Crippen molar-refractivity contribution in [1.29, 1.82) is 0 Å². The zero-order chi connectivity index (χ0) is 17.4. The Kier molecular flexibility index (Phi) is 3.84. The topological polar surface area (TPSA) is 57.0 Å². The third-order valence-electron chi connectivity index (χ3n) is 4.51. The molecule has 0 saturated heterocycles. The number of hydrogen-bond acceptors (Lipinski definition) is 4. The Morgan fingerprint density at radius 1 is 1.20 bits per heavy atom. The van der Waals surface area contributed by atoms with Crippen LogP contribution in [0.25, 0.3) is 16.9 Å². The summed E-state index contributed by atoms with van der Waals surface area (Å²) in [6, 6.07) is 12.2. The molecule has 0 fully saturated rings. The molecule has 0 spiro atoms. The highest BCUT2D eigenvalue weighted by Gasteiger charge is 2.31. The Hall–Kier alpha value is -2.95. The van der Waals surface area contributed by atoms with Crippen molar-refractivity contribution >= 4 is 5.97 Å². The van der Waals surface area contributed by atoms with E-state index in [1.807, 2.05) is 35.1 Å². The molecule has 0 unspecified atom stereocenters. The maximum atomic E-state index is 12.4. The molecule has 0 atom stereocenters. The van der Waals surface area contributed by atoms with E-state index in [4.69, 9.17) is 4.74 Å². The molecular weight excluding hydrogens is 314 g/mol. The summed E-state index contributed by atoms with van der Waals surface area (Å²) in [7, 11) is 0. The number of nitrogens with zero attached hydrogens (tertiary/aromatic N) is 3. The van der Waals surface area contributed by atoms with Crippen LogP contribution in [0.3, 0.4) is 0 Å². The lowest BCUT2D eigenvalue weighted by atomic mass is 10.1. The Bertz CT molecular complexity index is 942. The number of ether oxygens (including phenoxy) is 1. The summed E-state index contributed by atoms with van der Waals surface area (Å²) >= 11 is 0. The van der Waals surface area contributed by atoms with E-state index in [2.05, 4.69) is 29.1 Å². The molecule has 1 aliphatic carbocycles. The largest absolute Gasteiger partial charge is 0.461 e. The van der Waals surface area contributed by atoms with Crippen LogP contribution in [0, 0.1) is 0 Å². The maximum Gasteiger partial charge on any atom is 0.359 e. The van der Waals surface area contributed by atoms with E-state index < -0.39 is 0 Å². The standard InChI is InChI=1S/C20H19N3O2/c1-3-14-9-10-15(12-21-14)23-19-16-8-6-5-7-13(16)11-17(19)18(22-23)20(24)25-4-2/h5-10,12H,3-4,11H2,1-2H3. The fraction of sp³-hybridized carbons (Fsp3) is 0.250. The Morgan fingerprint density at radius 2 is 2.04 bits per heavy atom. The van der Waals surface area contributed by atoms with Gasteiger partial charge >= 0.3 is 5.97 Å². The van der Waals surface area contributed by atoms with Crippen molar-refractivity contribution < 1.29 is 9.53 Å². The third-order valence-corrected chi connectivity index (χ3v) is 4.51. The normalized spacial score (nSPS) is 11.9. The first-order chi connectivity index (χ1) is 12.2. The summed E-state index contributed by atoms with van der Waals surface area (Å²) < 4.78 is 7.03. The number of carbonyl (C=O) groups excluding carboxylic acids is 1. The second kappa shape index (κ2) is 6.16. The average Bonchev–Trinajstić information content (AvgIpc) is 3.19. The Balaban J connectivity index is 1.90. The van der Waals surface area contributed by atoms with Gasteiger partial charge in [0, 0.05) is 23.2 Å². The molecular formula is C20H19N3O2. The number of aryl methyl sites for hydroxylation is 1. The maximum absolute atomic E-state index is 12.4. The fourth-order valence-corrected chi connectivity index (χ4v) is 3.29. The monoisotopic (exact) mass is 333 g/mol. The van der Waals surface area contributed by atoms with Gasteiger partial charge in [-0.3, -0.25) is 4.98 Å². The van der Waals surface area contributed by atoms with Gasteiger partial charge in [0.25, 0.3) is 0 Å². The van der Waals surface area contributed by atoms with E-state index in [0.29, 0.717) is 18.7 Å². The predicted octanol–water partition coefficient (Wildman–Crippen LogP) is 3.58. The number of carbonyl (C=O) groups is 1. The molecule has 0 bridgehead atoms. The Morgan fingerprint density at radius 3 is 2.76 bits per heavy atom. The summed E-state index contributed by atoms with van der Waals surface area (Å²) in [4.78, 5) is 16.9. The number of pyridine rings is 1. The van der Waals surface area contributed by atoms with E-state index in [9.17, 15) is 4.79 Å². The molecule has 0 radical (unpaired) electrons. The van der Waals surface area contributed by atoms with Crippen LogP contribution in [0.15, 0.2) is 42.6 Å². The van der Waals surface area contributed by atoms with Crippen molar-refractivity contribution in [1.82, 2.24) is 14.8 Å².